The molecule has 2 rings (SSSR count). The fourth-order valence-electron chi connectivity index (χ4n) is 2.92. The number of hydrogen-bond acceptors (Lipinski definition) is 3. The van der Waals surface area contributed by atoms with Gasteiger partial charge in [0, 0.05) is 30.9 Å². The summed E-state index contributed by atoms with van der Waals surface area (Å²) in [6.45, 7) is 1.06. The molecule has 0 spiro atoms. The van der Waals surface area contributed by atoms with Gasteiger partial charge in [-0.15, -0.1) is 0 Å². The summed E-state index contributed by atoms with van der Waals surface area (Å²) in [4.78, 5) is 17.1. The van der Waals surface area contributed by atoms with Crippen molar-refractivity contribution in [1.82, 2.24) is 9.88 Å². The summed E-state index contributed by atoms with van der Waals surface area (Å²) in [5.74, 6) is 0.0885. The molecule has 106 valence electrons. The van der Waals surface area contributed by atoms with E-state index < -0.39 is 0 Å². The molecule has 1 aromatic rings. The van der Waals surface area contributed by atoms with Gasteiger partial charge in [-0.1, -0.05) is 0 Å². The Morgan fingerprint density at radius 1 is 1.42 bits per heavy atom. The van der Waals surface area contributed by atoms with Crippen molar-refractivity contribution in [3.63, 3.8) is 0 Å². The Labute approximate surface area is 115 Å². The number of nitrogens with zero attached hydrogens (tertiary/aromatic N) is 1. The van der Waals surface area contributed by atoms with Crippen LogP contribution in [0.15, 0.2) is 18.3 Å². The summed E-state index contributed by atoms with van der Waals surface area (Å²) in [6, 6.07) is 4.77. The molecule has 1 heterocycles. The molecule has 1 aromatic heterocycles. The molecule has 1 aliphatic rings. The normalized spacial score (nSPS) is 23.5. The van der Waals surface area contributed by atoms with Crippen LogP contribution >= 0.6 is 0 Å². The number of hydrogen-bond donors (Lipinski definition) is 1. The molecule has 4 heteroatoms. The zero-order chi connectivity index (χ0) is 13.7. The average molecular weight is 264 g/mol. The first kappa shape index (κ1) is 14.1. The lowest BCUT2D eigenvalue weighted by Crippen LogP contribution is -2.37. The largest absolute Gasteiger partial charge is 0.469 e. The second kappa shape index (κ2) is 6.75. The summed E-state index contributed by atoms with van der Waals surface area (Å²) >= 11 is 0. The molecule has 19 heavy (non-hydrogen) atoms. The predicted octanol–water partition coefficient (Wildman–Crippen LogP) is 2.22. The Morgan fingerprint density at radius 3 is 2.74 bits per heavy atom. The molecule has 1 saturated carbocycles. The number of likely N-dealkylation sites (N-methyl/N-ethyl adjacent to an activating group) is 1. The molecule has 0 aliphatic heterocycles. The fraction of sp³-hybridized carbons (Fsp3) is 0.667. The van der Waals surface area contributed by atoms with Crippen molar-refractivity contribution in [3.8, 4) is 0 Å². The number of aromatic amines is 1. The van der Waals surface area contributed by atoms with E-state index >= 15 is 0 Å². The van der Waals surface area contributed by atoms with Gasteiger partial charge in [0.05, 0.1) is 13.0 Å². The number of carbonyl (C=O) groups excluding carboxylic acids is 1. The van der Waals surface area contributed by atoms with Crippen molar-refractivity contribution in [2.75, 3.05) is 20.7 Å². The Hall–Kier alpha value is -1.29. The highest BCUT2D eigenvalue weighted by atomic mass is 16.5. The third kappa shape index (κ3) is 3.83. The molecule has 1 fully saturated rings. The van der Waals surface area contributed by atoms with Gasteiger partial charge in [0.1, 0.15) is 0 Å². The topological polar surface area (TPSA) is 45.3 Å². The van der Waals surface area contributed by atoms with Crippen molar-refractivity contribution >= 4 is 5.97 Å². The summed E-state index contributed by atoms with van der Waals surface area (Å²) in [5.41, 5.74) is 1.29. The number of aromatic nitrogens is 1. The molecule has 4 nitrogen and oxygen atoms in total. The van der Waals surface area contributed by atoms with Crippen molar-refractivity contribution in [2.24, 2.45) is 5.92 Å². The van der Waals surface area contributed by atoms with Crippen LogP contribution in [0.2, 0.25) is 0 Å². The lowest BCUT2D eigenvalue weighted by molar-refractivity contribution is -0.146. The predicted molar refractivity (Wildman–Crippen MR) is 74.9 cm³/mol. The standard InChI is InChI=1S/C15H24N2O2/c1-17(11-9-13-4-3-10-16-13)14-7-5-12(6-8-14)15(18)19-2/h3-4,10,12,14,16H,5-9,11H2,1-2H3. The zero-order valence-corrected chi connectivity index (χ0v) is 11.9. The Bertz CT molecular complexity index is 381. The number of H-pyrrole nitrogens is 1. The van der Waals surface area contributed by atoms with Crippen LogP contribution in [0, 0.1) is 5.92 Å². The molecule has 1 aliphatic carbocycles. The molecular weight excluding hydrogens is 240 g/mol. The summed E-state index contributed by atoms with van der Waals surface area (Å²) < 4.78 is 4.83. The molecule has 0 amide bonds. The number of carbonyl (C=O) groups is 1. The van der Waals surface area contributed by atoms with E-state index in [2.05, 4.69) is 23.0 Å². The van der Waals surface area contributed by atoms with Gasteiger partial charge in [0.15, 0.2) is 0 Å². The van der Waals surface area contributed by atoms with Crippen LogP contribution in [-0.2, 0) is 16.0 Å². The van der Waals surface area contributed by atoms with E-state index in [-0.39, 0.29) is 11.9 Å². The molecule has 0 atom stereocenters. The van der Waals surface area contributed by atoms with Crippen LogP contribution in [0.3, 0.4) is 0 Å². The van der Waals surface area contributed by atoms with Gasteiger partial charge in [-0.2, -0.15) is 0 Å². The first-order valence-electron chi connectivity index (χ1n) is 7.11. The molecule has 1 N–H and O–H groups in total. The summed E-state index contributed by atoms with van der Waals surface area (Å²) in [6.07, 6.45) is 7.15. The van der Waals surface area contributed by atoms with Gasteiger partial charge in [-0.3, -0.25) is 4.79 Å². The first-order valence-corrected chi connectivity index (χ1v) is 7.11. The number of nitrogens with one attached hydrogen (secondary N) is 1. The van der Waals surface area contributed by atoms with E-state index in [0.29, 0.717) is 6.04 Å². The van der Waals surface area contributed by atoms with Gasteiger partial charge >= 0.3 is 5.97 Å². The molecule has 0 aromatic carbocycles. The number of ether oxygens (including phenoxy) is 1. The van der Waals surface area contributed by atoms with E-state index in [1.54, 1.807) is 0 Å². The molecular formula is C15H24N2O2. The second-order valence-corrected chi connectivity index (χ2v) is 5.45. The molecule has 0 radical (unpaired) electrons. The van der Waals surface area contributed by atoms with Crippen LogP contribution < -0.4 is 0 Å². The maximum Gasteiger partial charge on any atom is 0.308 e. The highest BCUT2D eigenvalue weighted by Crippen LogP contribution is 2.27. The zero-order valence-electron chi connectivity index (χ0n) is 11.9. The molecule has 0 saturated heterocycles. The monoisotopic (exact) mass is 264 g/mol. The van der Waals surface area contributed by atoms with Crippen LogP contribution in [0.25, 0.3) is 0 Å². The number of methoxy groups -OCH3 is 1. The highest BCUT2D eigenvalue weighted by molar-refractivity contribution is 5.72. The van der Waals surface area contributed by atoms with Crippen molar-refractivity contribution in [2.45, 2.75) is 38.1 Å². The van der Waals surface area contributed by atoms with Gasteiger partial charge in [-0.05, 0) is 44.9 Å². The lowest BCUT2D eigenvalue weighted by atomic mass is 9.85. The third-order valence-corrected chi connectivity index (χ3v) is 4.25. The first-order chi connectivity index (χ1) is 9.20. The fourth-order valence-corrected chi connectivity index (χ4v) is 2.92. The van der Waals surface area contributed by atoms with Crippen molar-refractivity contribution in [3.05, 3.63) is 24.0 Å². The van der Waals surface area contributed by atoms with Gasteiger partial charge in [-0.25, -0.2) is 0 Å². The molecule has 0 unspecified atom stereocenters. The molecule has 0 bridgehead atoms. The van der Waals surface area contributed by atoms with Gasteiger partial charge in [0.25, 0.3) is 0 Å². The minimum Gasteiger partial charge on any atom is -0.469 e. The SMILES string of the molecule is COC(=O)C1CCC(N(C)CCc2ccc[nH]2)CC1. The van der Waals surface area contributed by atoms with E-state index in [4.69, 9.17) is 4.74 Å². The Balaban J connectivity index is 1.73. The smallest absolute Gasteiger partial charge is 0.308 e. The van der Waals surface area contributed by atoms with Crippen molar-refractivity contribution < 1.29 is 9.53 Å². The van der Waals surface area contributed by atoms with Gasteiger partial charge in [0.2, 0.25) is 0 Å². The minimum absolute atomic E-state index is 0.0347. The Morgan fingerprint density at radius 2 is 2.16 bits per heavy atom. The lowest BCUT2D eigenvalue weighted by Gasteiger charge is -2.33. The van der Waals surface area contributed by atoms with Crippen LogP contribution in [0.1, 0.15) is 31.4 Å². The van der Waals surface area contributed by atoms with Crippen molar-refractivity contribution in [1.29, 1.82) is 0 Å². The van der Waals surface area contributed by atoms with E-state index in [9.17, 15) is 4.79 Å². The maximum atomic E-state index is 11.5. The second-order valence-electron chi connectivity index (χ2n) is 5.45. The number of esters is 1. The minimum atomic E-state index is -0.0347. The summed E-state index contributed by atoms with van der Waals surface area (Å²) in [7, 11) is 3.67. The van der Waals surface area contributed by atoms with E-state index in [0.717, 1.165) is 38.6 Å². The van der Waals surface area contributed by atoms with E-state index in [1.807, 2.05) is 12.3 Å². The van der Waals surface area contributed by atoms with Crippen LogP contribution in [-0.4, -0.2) is 42.6 Å². The van der Waals surface area contributed by atoms with Crippen LogP contribution in [0.5, 0.6) is 0 Å². The average Bonchev–Trinajstić information content (AvgIpc) is 2.97. The third-order valence-electron chi connectivity index (χ3n) is 4.25. The summed E-state index contributed by atoms with van der Waals surface area (Å²) in [5, 5.41) is 0. The Kier molecular flexibility index (Phi) is 5.02. The van der Waals surface area contributed by atoms with E-state index in [1.165, 1.54) is 12.8 Å². The van der Waals surface area contributed by atoms with Gasteiger partial charge < -0.3 is 14.6 Å². The van der Waals surface area contributed by atoms with Crippen LogP contribution in [0.4, 0.5) is 0 Å². The number of rotatable bonds is 5. The quantitative estimate of drug-likeness (QED) is 0.829. The highest BCUT2D eigenvalue weighted by Gasteiger charge is 2.28. The maximum absolute atomic E-state index is 11.5.